The van der Waals surface area contributed by atoms with E-state index < -0.39 is 11.9 Å². The van der Waals surface area contributed by atoms with Crippen LogP contribution in [-0.4, -0.2) is 33.3 Å². The van der Waals surface area contributed by atoms with Crippen LogP contribution >= 0.6 is 11.8 Å². The lowest BCUT2D eigenvalue weighted by atomic mass is 10.0. The van der Waals surface area contributed by atoms with Crippen molar-refractivity contribution in [3.05, 3.63) is 64.4 Å². The second-order valence-electron chi connectivity index (χ2n) is 7.85. The van der Waals surface area contributed by atoms with E-state index in [0.29, 0.717) is 16.1 Å². The molecule has 1 aliphatic carbocycles. The smallest absolute Gasteiger partial charge is 0.321 e. The molecule has 0 saturated heterocycles. The van der Waals surface area contributed by atoms with Crippen molar-refractivity contribution < 1.29 is 9.59 Å². The summed E-state index contributed by atoms with van der Waals surface area (Å²) in [6, 6.07) is 14.6. The molecule has 31 heavy (non-hydrogen) atoms. The van der Waals surface area contributed by atoms with Crippen LogP contribution < -0.4 is 16.2 Å². The van der Waals surface area contributed by atoms with Crippen molar-refractivity contribution in [3.8, 4) is 5.69 Å². The van der Waals surface area contributed by atoms with Gasteiger partial charge in [-0.1, -0.05) is 55.9 Å². The maximum absolute atomic E-state index is 13.4. The molecule has 1 fully saturated rings. The zero-order valence-electron chi connectivity index (χ0n) is 17.4. The van der Waals surface area contributed by atoms with Crippen LogP contribution in [0, 0.1) is 0 Å². The maximum Gasteiger partial charge on any atom is 0.321 e. The van der Waals surface area contributed by atoms with Crippen molar-refractivity contribution in [1.82, 2.24) is 20.2 Å². The largest absolute Gasteiger partial charge is 0.335 e. The predicted molar refractivity (Wildman–Crippen MR) is 122 cm³/mol. The van der Waals surface area contributed by atoms with Crippen molar-refractivity contribution in [1.29, 1.82) is 0 Å². The molecule has 2 N–H and O–H groups in total. The lowest BCUT2D eigenvalue weighted by Crippen LogP contribution is -2.41. The SMILES string of the molecule is CC(C)c1ccccc1-n1c(SCC(=O)NC(=O)NC2CC2)nc2ccccc2c1=O. The van der Waals surface area contributed by atoms with Gasteiger partial charge in [-0.2, -0.15) is 0 Å². The van der Waals surface area contributed by atoms with Crippen molar-refractivity contribution in [3.63, 3.8) is 0 Å². The molecular formula is C23H24N4O3S. The molecule has 0 aliphatic heterocycles. The number of rotatable bonds is 6. The van der Waals surface area contributed by atoms with Crippen LogP contribution in [0.15, 0.2) is 58.5 Å². The van der Waals surface area contributed by atoms with E-state index >= 15 is 0 Å². The van der Waals surface area contributed by atoms with E-state index in [4.69, 9.17) is 0 Å². The number of thioether (sulfide) groups is 1. The summed E-state index contributed by atoms with van der Waals surface area (Å²) in [6.45, 7) is 4.13. The third-order valence-electron chi connectivity index (χ3n) is 5.04. The molecule has 0 unspecified atom stereocenters. The number of fused-ring (bicyclic) bond motifs is 1. The Morgan fingerprint density at radius 2 is 1.84 bits per heavy atom. The number of benzene rings is 2. The Morgan fingerprint density at radius 1 is 1.13 bits per heavy atom. The highest BCUT2D eigenvalue weighted by molar-refractivity contribution is 7.99. The molecule has 0 spiro atoms. The first-order chi connectivity index (χ1) is 14.9. The van der Waals surface area contributed by atoms with E-state index in [1.54, 1.807) is 16.7 Å². The fourth-order valence-corrected chi connectivity index (χ4v) is 4.15. The molecule has 2 aromatic carbocycles. The van der Waals surface area contributed by atoms with Gasteiger partial charge in [0.2, 0.25) is 5.91 Å². The van der Waals surface area contributed by atoms with Crippen LogP contribution in [0.2, 0.25) is 0 Å². The highest BCUT2D eigenvalue weighted by Gasteiger charge is 2.24. The highest BCUT2D eigenvalue weighted by atomic mass is 32.2. The summed E-state index contributed by atoms with van der Waals surface area (Å²) in [5.74, 6) is -0.275. The van der Waals surface area contributed by atoms with Gasteiger partial charge in [0.1, 0.15) is 0 Å². The number of amides is 3. The summed E-state index contributed by atoms with van der Waals surface area (Å²) in [4.78, 5) is 42.2. The fourth-order valence-electron chi connectivity index (χ4n) is 3.34. The van der Waals surface area contributed by atoms with Gasteiger partial charge in [0.05, 0.1) is 22.3 Å². The number of carbonyl (C=O) groups is 2. The quantitative estimate of drug-likeness (QED) is 0.455. The third-order valence-corrected chi connectivity index (χ3v) is 5.98. The van der Waals surface area contributed by atoms with Crippen LogP contribution in [0.3, 0.4) is 0 Å². The predicted octanol–water partition coefficient (Wildman–Crippen LogP) is 3.59. The Hall–Kier alpha value is -3.13. The summed E-state index contributed by atoms with van der Waals surface area (Å²) in [6.07, 6.45) is 1.89. The lowest BCUT2D eigenvalue weighted by Gasteiger charge is -2.18. The van der Waals surface area contributed by atoms with Crippen molar-refractivity contribution in [2.24, 2.45) is 0 Å². The first-order valence-corrected chi connectivity index (χ1v) is 11.3. The van der Waals surface area contributed by atoms with E-state index in [2.05, 4.69) is 29.5 Å². The van der Waals surface area contributed by atoms with E-state index in [0.717, 1.165) is 35.9 Å². The van der Waals surface area contributed by atoms with E-state index in [9.17, 15) is 14.4 Å². The number of hydrogen-bond donors (Lipinski definition) is 2. The van der Waals surface area contributed by atoms with Gasteiger partial charge in [0, 0.05) is 6.04 Å². The Kier molecular flexibility index (Phi) is 6.08. The van der Waals surface area contributed by atoms with Crippen LogP contribution in [0.1, 0.15) is 38.2 Å². The van der Waals surface area contributed by atoms with Gasteiger partial charge in [-0.15, -0.1) is 0 Å². The second kappa shape index (κ2) is 8.93. The Labute approximate surface area is 184 Å². The van der Waals surface area contributed by atoms with Gasteiger partial charge in [-0.05, 0) is 42.5 Å². The van der Waals surface area contributed by atoms with Gasteiger partial charge < -0.3 is 5.32 Å². The minimum absolute atomic E-state index is 0.0350. The number of hydrogen-bond acceptors (Lipinski definition) is 5. The van der Waals surface area contributed by atoms with Gasteiger partial charge >= 0.3 is 6.03 Å². The molecule has 1 aliphatic rings. The summed E-state index contributed by atoms with van der Waals surface area (Å²) < 4.78 is 1.57. The molecule has 0 atom stereocenters. The number of aromatic nitrogens is 2. The normalized spacial score (nSPS) is 13.4. The second-order valence-corrected chi connectivity index (χ2v) is 8.79. The van der Waals surface area contributed by atoms with Crippen LogP contribution in [-0.2, 0) is 4.79 Å². The van der Waals surface area contributed by atoms with Gasteiger partial charge in [0.15, 0.2) is 5.16 Å². The molecular weight excluding hydrogens is 412 g/mol. The zero-order chi connectivity index (χ0) is 22.0. The van der Waals surface area contributed by atoms with Crippen molar-refractivity contribution in [2.45, 2.75) is 43.8 Å². The molecule has 8 heteroatoms. The van der Waals surface area contributed by atoms with Gasteiger partial charge in [-0.25, -0.2) is 9.78 Å². The average molecular weight is 437 g/mol. The first kappa shape index (κ1) is 21.1. The topological polar surface area (TPSA) is 93.1 Å². The third kappa shape index (κ3) is 4.80. The Balaban J connectivity index is 1.69. The molecule has 0 radical (unpaired) electrons. The molecule has 3 aromatic rings. The molecule has 160 valence electrons. The van der Waals surface area contributed by atoms with Crippen LogP contribution in [0.25, 0.3) is 16.6 Å². The highest BCUT2D eigenvalue weighted by Crippen LogP contribution is 2.27. The number of imide groups is 1. The Morgan fingerprint density at radius 3 is 2.58 bits per heavy atom. The number of carbonyl (C=O) groups excluding carboxylic acids is 2. The Bertz CT molecular complexity index is 1200. The van der Waals surface area contributed by atoms with E-state index in [1.165, 1.54) is 0 Å². The molecule has 0 bridgehead atoms. The monoisotopic (exact) mass is 436 g/mol. The molecule has 7 nitrogen and oxygen atoms in total. The molecule has 1 saturated carbocycles. The average Bonchev–Trinajstić information content (AvgIpc) is 3.56. The van der Waals surface area contributed by atoms with Crippen molar-refractivity contribution in [2.75, 3.05) is 5.75 Å². The van der Waals surface area contributed by atoms with E-state index in [1.807, 2.05) is 36.4 Å². The molecule has 1 heterocycles. The minimum atomic E-state index is -0.484. The maximum atomic E-state index is 13.4. The molecule has 3 amide bonds. The minimum Gasteiger partial charge on any atom is -0.335 e. The fraction of sp³-hybridized carbons (Fsp3) is 0.304. The van der Waals surface area contributed by atoms with Gasteiger partial charge in [-0.3, -0.25) is 19.5 Å². The molecule has 1 aromatic heterocycles. The number of nitrogens with one attached hydrogen (secondary N) is 2. The van der Waals surface area contributed by atoms with Gasteiger partial charge in [0.25, 0.3) is 5.56 Å². The molecule has 4 rings (SSSR count). The summed E-state index contributed by atoms with van der Waals surface area (Å²) in [5.41, 5.74) is 2.14. The van der Waals surface area contributed by atoms with Crippen LogP contribution in [0.5, 0.6) is 0 Å². The number of nitrogens with zero attached hydrogens (tertiary/aromatic N) is 2. The van der Waals surface area contributed by atoms with Crippen LogP contribution in [0.4, 0.5) is 4.79 Å². The standard InChI is InChI=1S/C23H24N4O3S/c1-14(2)16-7-4-6-10-19(16)27-21(29)17-8-3-5-9-18(17)25-23(27)31-13-20(28)26-22(30)24-15-11-12-15/h3-10,14-15H,11-13H2,1-2H3,(H2,24,26,28,30). The summed E-state index contributed by atoms with van der Waals surface area (Å²) in [7, 11) is 0. The number of para-hydroxylation sites is 2. The zero-order valence-corrected chi connectivity index (χ0v) is 18.2. The van der Waals surface area contributed by atoms with Crippen molar-refractivity contribution >= 4 is 34.6 Å². The van der Waals surface area contributed by atoms with E-state index in [-0.39, 0.29) is 23.3 Å². The number of urea groups is 1. The summed E-state index contributed by atoms with van der Waals surface area (Å²) in [5, 5.41) is 5.98. The first-order valence-electron chi connectivity index (χ1n) is 10.3. The summed E-state index contributed by atoms with van der Waals surface area (Å²) >= 11 is 1.14. The lowest BCUT2D eigenvalue weighted by molar-refractivity contribution is -0.117.